The van der Waals surface area contributed by atoms with Crippen LogP contribution in [0.1, 0.15) is 6.92 Å². The predicted molar refractivity (Wildman–Crippen MR) is 61.8 cm³/mol. The molecule has 0 fully saturated rings. The van der Waals surface area contributed by atoms with Crippen LogP contribution < -0.4 is 16.2 Å². The third-order valence-corrected chi connectivity index (χ3v) is 2.78. The van der Waals surface area contributed by atoms with Crippen LogP contribution in [-0.4, -0.2) is 18.9 Å². The minimum absolute atomic E-state index is 0.656. The van der Waals surface area contributed by atoms with Gasteiger partial charge < -0.3 is 16.2 Å². The molecule has 14 heavy (non-hydrogen) atoms. The molecule has 0 atom stereocenters. The van der Waals surface area contributed by atoms with E-state index in [0.29, 0.717) is 13.2 Å². The molecule has 0 radical (unpaired) electrons. The Morgan fingerprint density at radius 1 is 1.43 bits per heavy atom. The van der Waals surface area contributed by atoms with Crippen molar-refractivity contribution in [1.82, 2.24) is 0 Å². The van der Waals surface area contributed by atoms with Crippen LogP contribution in [0.25, 0.3) is 0 Å². The van der Waals surface area contributed by atoms with E-state index in [9.17, 15) is 0 Å². The molecule has 0 saturated carbocycles. The molecular weight excluding hydrogens is 196 g/mol. The van der Waals surface area contributed by atoms with Gasteiger partial charge in [0.25, 0.3) is 0 Å². The first-order valence-corrected chi connectivity index (χ1v) is 5.61. The summed E-state index contributed by atoms with van der Waals surface area (Å²) in [4.78, 5) is 1.04. The molecule has 1 aromatic rings. The Morgan fingerprint density at radius 2 is 2.21 bits per heavy atom. The van der Waals surface area contributed by atoms with E-state index in [-0.39, 0.29) is 0 Å². The van der Waals surface area contributed by atoms with Gasteiger partial charge in [-0.25, -0.2) is 0 Å². The molecule has 0 saturated heterocycles. The summed E-state index contributed by atoms with van der Waals surface area (Å²) in [6, 6.07) is 5.70. The lowest BCUT2D eigenvalue weighted by Gasteiger charge is -2.08. The van der Waals surface area contributed by atoms with E-state index in [0.717, 1.165) is 22.1 Å². The maximum absolute atomic E-state index is 5.81. The van der Waals surface area contributed by atoms with Gasteiger partial charge in [-0.1, -0.05) is 0 Å². The van der Waals surface area contributed by atoms with Gasteiger partial charge in [0, 0.05) is 22.9 Å². The van der Waals surface area contributed by atoms with Gasteiger partial charge in [-0.15, -0.1) is 11.8 Å². The van der Waals surface area contributed by atoms with Crippen LogP contribution >= 0.6 is 11.8 Å². The maximum atomic E-state index is 5.81. The fraction of sp³-hybridized carbons (Fsp3) is 0.400. The number of anilines is 1. The summed E-state index contributed by atoms with van der Waals surface area (Å²) in [6.07, 6.45) is 0. The number of ether oxygens (including phenoxy) is 1. The molecule has 1 rings (SSSR count). The SMILES string of the molecule is CCOc1ccc(N)c(SCCN)c1. The average Bonchev–Trinajstić information content (AvgIpc) is 2.19. The molecule has 4 N–H and O–H groups in total. The van der Waals surface area contributed by atoms with E-state index >= 15 is 0 Å². The first-order valence-electron chi connectivity index (χ1n) is 4.63. The van der Waals surface area contributed by atoms with Crippen LogP contribution in [-0.2, 0) is 0 Å². The van der Waals surface area contributed by atoms with Crippen LogP contribution in [0.3, 0.4) is 0 Å². The number of benzene rings is 1. The normalized spacial score (nSPS) is 10.1. The van der Waals surface area contributed by atoms with Gasteiger partial charge in [0.15, 0.2) is 0 Å². The second-order valence-corrected chi connectivity index (χ2v) is 3.91. The van der Waals surface area contributed by atoms with Crippen molar-refractivity contribution in [2.45, 2.75) is 11.8 Å². The molecular formula is C10H16N2OS. The molecule has 78 valence electrons. The Labute approximate surface area is 88.8 Å². The first kappa shape index (κ1) is 11.2. The minimum atomic E-state index is 0.656. The summed E-state index contributed by atoms with van der Waals surface area (Å²) < 4.78 is 5.38. The zero-order valence-electron chi connectivity index (χ0n) is 8.32. The van der Waals surface area contributed by atoms with Gasteiger partial charge in [0.05, 0.1) is 6.61 Å². The smallest absolute Gasteiger partial charge is 0.120 e. The summed E-state index contributed by atoms with van der Waals surface area (Å²) in [6.45, 7) is 3.29. The van der Waals surface area contributed by atoms with Gasteiger partial charge in [0.2, 0.25) is 0 Å². The van der Waals surface area contributed by atoms with Crippen molar-refractivity contribution >= 4 is 17.4 Å². The van der Waals surface area contributed by atoms with Crippen LogP contribution in [0.15, 0.2) is 23.1 Å². The fourth-order valence-electron chi connectivity index (χ4n) is 1.07. The highest BCUT2D eigenvalue weighted by Gasteiger charge is 2.01. The molecule has 0 bridgehead atoms. The molecule has 0 spiro atoms. The fourth-order valence-corrected chi connectivity index (χ4v) is 1.84. The Bertz CT molecular complexity index is 291. The van der Waals surface area contributed by atoms with Gasteiger partial charge >= 0.3 is 0 Å². The highest BCUT2D eigenvalue weighted by molar-refractivity contribution is 7.99. The van der Waals surface area contributed by atoms with Crippen molar-refractivity contribution in [1.29, 1.82) is 0 Å². The maximum Gasteiger partial charge on any atom is 0.120 e. The minimum Gasteiger partial charge on any atom is -0.494 e. The van der Waals surface area contributed by atoms with E-state index in [1.807, 2.05) is 25.1 Å². The lowest BCUT2D eigenvalue weighted by atomic mass is 10.3. The van der Waals surface area contributed by atoms with E-state index in [2.05, 4.69) is 0 Å². The van der Waals surface area contributed by atoms with Gasteiger partial charge in [0.1, 0.15) is 5.75 Å². The van der Waals surface area contributed by atoms with E-state index in [1.54, 1.807) is 11.8 Å². The molecule has 0 unspecified atom stereocenters. The predicted octanol–water partition coefficient (Wildman–Crippen LogP) is 1.72. The zero-order chi connectivity index (χ0) is 10.4. The molecule has 0 aliphatic carbocycles. The Hall–Kier alpha value is -0.870. The van der Waals surface area contributed by atoms with Gasteiger partial charge in [-0.2, -0.15) is 0 Å². The zero-order valence-corrected chi connectivity index (χ0v) is 9.14. The standard InChI is InChI=1S/C10H16N2OS/c1-2-13-8-3-4-9(12)10(7-8)14-6-5-11/h3-4,7H,2,5-6,11-12H2,1H3. The molecule has 0 aliphatic heterocycles. The van der Waals surface area contributed by atoms with Crippen molar-refractivity contribution < 1.29 is 4.74 Å². The first-order chi connectivity index (χ1) is 6.77. The van der Waals surface area contributed by atoms with Crippen LogP contribution in [0.2, 0.25) is 0 Å². The molecule has 4 heteroatoms. The number of rotatable bonds is 5. The molecule has 0 heterocycles. The molecule has 0 aliphatic rings. The highest BCUT2D eigenvalue weighted by atomic mass is 32.2. The number of hydrogen-bond donors (Lipinski definition) is 2. The molecule has 1 aromatic carbocycles. The number of nitrogens with two attached hydrogens (primary N) is 2. The monoisotopic (exact) mass is 212 g/mol. The highest BCUT2D eigenvalue weighted by Crippen LogP contribution is 2.28. The second kappa shape index (κ2) is 5.78. The van der Waals surface area contributed by atoms with E-state index in [1.165, 1.54) is 0 Å². The van der Waals surface area contributed by atoms with E-state index in [4.69, 9.17) is 16.2 Å². The Morgan fingerprint density at radius 3 is 2.86 bits per heavy atom. The third-order valence-electron chi connectivity index (χ3n) is 1.67. The van der Waals surface area contributed by atoms with Crippen molar-refractivity contribution in [3.8, 4) is 5.75 Å². The van der Waals surface area contributed by atoms with Crippen molar-refractivity contribution in [3.63, 3.8) is 0 Å². The van der Waals surface area contributed by atoms with Gasteiger partial charge in [-0.05, 0) is 25.1 Å². The summed E-state index contributed by atoms with van der Waals surface area (Å²) >= 11 is 1.66. The summed E-state index contributed by atoms with van der Waals surface area (Å²) in [5.74, 6) is 1.74. The van der Waals surface area contributed by atoms with Crippen LogP contribution in [0.5, 0.6) is 5.75 Å². The van der Waals surface area contributed by atoms with E-state index < -0.39 is 0 Å². The van der Waals surface area contributed by atoms with Crippen molar-refractivity contribution in [2.75, 3.05) is 24.6 Å². The Balaban J connectivity index is 2.74. The number of hydrogen-bond acceptors (Lipinski definition) is 4. The molecule has 0 amide bonds. The molecule has 3 nitrogen and oxygen atoms in total. The Kier molecular flexibility index (Phi) is 4.62. The number of nitrogen functional groups attached to an aromatic ring is 1. The van der Waals surface area contributed by atoms with Crippen molar-refractivity contribution in [2.24, 2.45) is 5.73 Å². The summed E-state index contributed by atoms with van der Waals surface area (Å²) in [7, 11) is 0. The summed E-state index contributed by atoms with van der Waals surface area (Å²) in [5.41, 5.74) is 12.0. The average molecular weight is 212 g/mol. The number of thioether (sulfide) groups is 1. The quantitative estimate of drug-likeness (QED) is 0.576. The van der Waals surface area contributed by atoms with Gasteiger partial charge in [-0.3, -0.25) is 0 Å². The molecule has 0 aromatic heterocycles. The second-order valence-electron chi connectivity index (χ2n) is 2.77. The third kappa shape index (κ3) is 3.12. The van der Waals surface area contributed by atoms with Crippen LogP contribution in [0, 0.1) is 0 Å². The topological polar surface area (TPSA) is 61.3 Å². The lowest BCUT2D eigenvalue weighted by Crippen LogP contribution is -2.02. The van der Waals surface area contributed by atoms with Crippen LogP contribution in [0.4, 0.5) is 5.69 Å². The van der Waals surface area contributed by atoms with Crippen molar-refractivity contribution in [3.05, 3.63) is 18.2 Å². The lowest BCUT2D eigenvalue weighted by molar-refractivity contribution is 0.339. The summed E-state index contributed by atoms with van der Waals surface area (Å²) in [5, 5.41) is 0. The largest absolute Gasteiger partial charge is 0.494 e.